The van der Waals surface area contributed by atoms with Crippen molar-refractivity contribution < 1.29 is 9.90 Å². The lowest BCUT2D eigenvalue weighted by atomic mass is 10.0. The Morgan fingerprint density at radius 3 is 2.35 bits per heavy atom. The Kier molecular flexibility index (Phi) is 5.28. The molecule has 0 bridgehead atoms. The summed E-state index contributed by atoms with van der Waals surface area (Å²) in [6, 6.07) is 12.4. The fourth-order valence-corrected chi connectivity index (χ4v) is 4.49. The van der Waals surface area contributed by atoms with E-state index in [0.717, 1.165) is 11.1 Å². The van der Waals surface area contributed by atoms with E-state index in [2.05, 4.69) is 9.97 Å². The van der Waals surface area contributed by atoms with E-state index < -0.39 is 11.5 Å². The second-order valence-corrected chi connectivity index (χ2v) is 9.24. The van der Waals surface area contributed by atoms with Crippen LogP contribution >= 0.6 is 23.2 Å². The van der Waals surface area contributed by atoms with Crippen LogP contribution in [0.2, 0.25) is 10.0 Å². The maximum Gasteiger partial charge on any atom is 0.268 e. The van der Waals surface area contributed by atoms with Gasteiger partial charge in [-0.3, -0.25) is 19.2 Å². The minimum absolute atomic E-state index is 0.175. The third-order valence-corrected chi connectivity index (χ3v) is 6.24. The zero-order valence-electron chi connectivity index (χ0n) is 18.3. The lowest BCUT2D eigenvalue weighted by Crippen LogP contribution is -2.17. The molecule has 0 aliphatic rings. The first-order valence-electron chi connectivity index (χ1n) is 10.4. The van der Waals surface area contributed by atoms with Gasteiger partial charge in [0.25, 0.3) is 5.91 Å². The van der Waals surface area contributed by atoms with Crippen LogP contribution in [-0.2, 0) is 5.60 Å². The number of primary amides is 1. The highest BCUT2D eigenvalue weighted by atomic mass is 35.5. The second kappa shape index (κ2) is 8.06. The Morgan fingerprint density at radius 2 is 1.74 bits per heavy atom. The fourth-order valence-electron chi connectivity index (χ4n) is 3.92. The van der Waals surface area contributed by atoms with Gasteiger partial charge >= 0.3 is 0 Å². The van der Waals surface area contributed by atoms with Crippen LogP contribution in [0.15, 0.2) is 61.1 Å². The third kappa shape index (κ3) is 3.68. The molecule has 5 aromatic rings. The van der Waals surface area contributed by atoms with Crippen molar-refractivity contribution in [3.8, 4) is 22.4 Å². The van der Waals surface area contributed by atoms with Crippen LogP contribution in [0, 0.1) is 0 Å². The minimum atomic E-state index is -1.04. The van der Waals surface area contributed by atoms with Gasteiger partial charge in [-0.05, 0) is 44.2 Å². The molecule has 0 unspecified atom stereocenters. The van der Waals surface area contributed by atoms with Gasteiger partial charge in [0.15, 0.2) is 0 Å². The number of imidazole rings is 1. The van der Waals surface area contributed by atoms with Crippen molar-refractivity contribution in [3.05, 3.63) is 82.5 Å². The van der Waals surface area contributed by atoms with E-state index in [0.29, 0.717) is 43.5 Å². The summed E-state index contributed by atoms with van der Waals surface area (Å²) >= 11 is 12.8. The van der Waals surface area contributed by atoms with E-state index in [-0.39, 0.29) is 5.69 Å². The molecule has 1 amide bonds. The molecule has 0 aliphatic carbocycles. The number of aliphatic hydroxyl groups is 1. The number of benzene rings is 1. The van der Waals surface area contributed by atoms with Gasteiger partial charge < -0.3 is 10.8 Å². The van der Waals surface area contributed by atoms with Crippen molar-refractivity contribution in [2.45, 2.75) is 19.4 Å². The third-order valence-electron chi connectivity index (χ3n) is 5.61. The first-order chi connectivity index (χ1) is 16.1. The normalized spacial score (nSPS) is 11.9. The molecule has 34 heavy (non-hydrogen) atoms. The summed E-state index contributed by atoms with van der Waals surface area (Å²) in [6.45, 7) is 3.36. The Morgan fingerprint density at radius 1 is 1.03 bits per heavy atom. The van der Waals surface area contributed by atoms with E-state index >= 15 is 0 Å². The molecule has 3 N–H and O–H groups in total. The molecule has 0 spiro atoms. The first-order valence-corrected chi connectivity index (χ1v) is 11.1. The van der Waals surface area contributed by atoms with Crippen molar-refractivity contribution in [2.75, 3.05) is 0 Å². The van der Waals surface area contributed by atoms with Gasteiger partial charge in [0, 0.05) is 40.7 Å². The molecule has 5 rings (SSSR count). The number of halogens is 2. The summed E-state index contributed by atoms with van der Waals surface area (Å²) in [6.07, 6.45) is 5.13. The van der Waals surface area contributed by atoms with Gasteiger partial charge in [-0.25, -0.2) is 4.98 Å². The topological polar surface area (TPSA) is 106 Å². The summed E-state index contributed by atoms with van der Waals surface area (Å²) in [7, 11) is 0. The van der Waals surface area contributed by atoms with Crippen molar-refractivity contribution in [1.29, 1.82) is 0 Å². The number of aromatic nitrogens is 4. The Balaban J connectivity index is 1.75. The number of rotatable bonds is 4. The van der Waals surface area contributed by atoms with Gasteiger partial charge in [-0.1, -0.05) is 35.3 Å². The Bertz CT molecular complexity index is 1570. The summed E-state index contributed by atoms with van der Waals surface area (Å²) in [5.74, 6) is -0.659. The predicted molar refractivity (Wildman–Crippen MR) is 133 cm³/mol. The zero-order valence-corrected chi connectivity index (χ0v) is 19.8. The number of nitrogens with zero attached hydrogens (tertiary/aromatic N) is 4. The van der Waals surface area contributed by atoms with Gasteiger partial charge in [-0.15, -0.1) is 0 Å². The van der Waals surface area contributed by atoms with Gasteiger partial charge in [-0.2, -0.15) is 0 Å². The van der Waals surface area contributed by atoms with E-state index in [1.165, 1.54) is 0 Å². The Labute approximate surface area is 204 Å². The van der Waals surface area contributed by atoms with Crippen molar-refractivity contribution >= 4 is 45.7 Å². The molecule has 7 nitrogen and oxygen atoms in total. The fraction of sp³-hybridized carbons (Fsp3) is 0.120. The zero-order chi connectivity index (χ0) is 24.2. The average molecular weight is 492 g/mol. The van der Waals surface area contributed by atoms with E-state index in [4.69, 9.17) is 33.9 Å². The van der Waals surface area contributed by atoms with Gasteiger partial charge in [0.1, 0.15) is 22.6 Å². The van der Waals surface area contributed by atoms with Crippen LogP contribution < -0.4 is 5.73 Å². The minimum Gasteiger partial charge on any atom is -0.384 e. The molecule has 0 radical (unpaired) electrons. The van der Waals surface area contributed by atoms with Crippen molar-refractivity contribution in [3.63, 3.8) is 0 Å². The quantitative estimate of drug-likeness (QED) is 0.357. The number of carbonyl (C=O) groups excluding carboxylic acids is 1. The average Bonchev–Trinajstić information content (AvgIpc) is 3.18. The molecule has 0 aliphatic heterocycles. The number of fused-ring (bicyclic) bond motifs is 3. The molecule has 4 heterocycles. The number of hydrogen-bond acceptors (Lipinski definition) is 5. The summed E-state index contributed by atoms with van der Waals surface area (Å²) < 4.78 is 1.63. The van der Waals surface area contributed by atoms with Crippen LogP contribution in [0.3, 0.4) is 0 Å². The highest BCUT2D eigenvalue weighted by Gasteiger charge is 2.24. The van der Waals surface area contributed by atoms with Crippen LogP contribution in [-0.4, -0.2) is 30.4 Å². The molecule has 0 atom stereocenters. The molecular weight excluding hydrogens is 473 g/mol. The maximum atomic E-state index is 12.5. The molecule has 0 saturated heterocycles. The second-order valence-electron chi connectivity index (χ2n) is 8.43. The number of amides is 1. The van der Waals surface area contributed by atoms with Crippen LogP contribution in [0.5, 0.6) is 0 Å². The predicted octanol–water partition coefficient (Wildman–Crippen LogP) is 5.24. The molecule has 0 fully saturated rings. The van der Waals surface area contributed by atoms with Gasteiger partial charge in [0.2, 0.25) is 0 Å². The summed E-state index contributed by atoms with van der Waals surface area (Å²) in [5, 5.41) is 11.6. The number of hydrogen-bond donors (Lipinski definition) is 2. The number of carbonyl (C=O) groups is 1. The Hall–Kier alpha value is -3.52. The lowest BCUT2D eigenvalue weighted by Gasteiger charge is -2.16. The summed E-state index contributed by atoms with van der Waals surface area (Å²) in [4.78, 5) is 26.2. The molecule has 0 saturated carbocycles. The first kappa shape index (κ1) is 22.3. The maximum absolute atomic E-state index is 12.5. The molecule has 9 heteroatoms. The monoisotopic (exact) mass is 491 g/mol. The molecule has 170 valence electrons. The number of nitrogens with two attached hydrogens (primary N) is 1. The SMILES string of the molecule is CC(C)(O)c1ccc(-c2cnc3ccn4c(C(N)=O)c(-c5c(Cl)cccc5Cl)nc4c3c2)cn1. The smallest absolute Gasteiger partial charge is 0.268 e. The van der Waals surface area contributed by atoms with Crippen LogP contribution in [0.4, 0.5) is 0 Å². The van der Waals surface area contributed by atoms with Crippen LogP contribution in [0.25, 0.3) is 38.9 Å². The van der Waals surface area contributed by atoms with Crippen molar-refractivity contribution in [2.24, 2.45) is 5.73 Å². The van der Waals surface area contributed by atoms with Gasteiger partial charge in [0.05, 0.1) is 21.3 Å². The van der Waals surface area contributed by atoms with Crippen molar-refractivity contribution in [1.82, 2.24) is 19.4 Å². The highest BCUT2D eigenvalue weighted by molar-refractivity contribution is 6.39. The molecule has 1 aromatic carbocycles. The summed E-state index contributed by atoms with van der Waals surface area (Å²) in [5.41, 5.74) is 8.99. The number of pyridine rings is 3. The lowest BCUT2D eigenvalue weighted by molar-refractivity contribution is 0.0739. The largest absolute Gasteiger partial charge is 0.384 e. The van der Waals surface area contributed by atoms with E-state index in [1.54, 1.807) is 67.2 Å². The van der Waals surface area contributed by atoms with E-state index in [1.807, 2.05) is 12.1 Å². The van der Waals surface area contributed by atoms with E-state index in [9.17, 15) is 9.90 Å². The molecule has 4 aromatic heterocycles. The van der Waals surface area contributed by atoms with Crippen LogP contribution in [0.1, 0.15) is 30.0 Å². The standard InChI is InChI=1S/C25H19Cl2N5O2/c1-25(2,34)19-7-6-13(11-30-19)14-10-15-18(29-12-14)8-9-32-22(23(28)33)21(31-24(15)32)20-16(26)4-3-5-17(20)27/h3-12,34H,1-2H3,(H2,28,33). The highest BCUT2D eigenvalue weighted by Crippen LogP contribution is 2.37. The molecular formula is C25H19Cl2N5O2.